The highest BCUT2D eigenvalue weighted by molar-refractivity contribution is 6.39. The summed E-state index contributed by atoms with van der Waals surface area (Å²) in [6.45, 7) is 3.08. The van der Waals surface area contributed by atoms with E-state index in [-0.39, 0.29) is 22.0 Å². The summed E-state index contributed by atoms with van der Waals surface area (Å²) >= 11 is 6.00. The molecule has 0 bridgehead atoms. The van der Waals surface area contributed by atoms with Crippen LogP contribution in [0.1, 0.15) is 24.2 Å². The Labute approximate surface area is 125 Å². The minimum atomic E-state index is -1.47. The second-order valence-electron chi connectivity index (χ2n) is 4.49. The zero-order chi connectivity index (χ0) is 15.9. The first-order valence-electron chi connectivity index (χ1n) is 5.94. The molecule has 21 heavy (non-hydrogen) atoms. The number of anilines is 1. The van der Waals surface area contributed by atoms with Crippen molar-refractivity contribution in [2.24, 2.45) is 0 Å². The first-order valence-corrected chi connectivity index (χ1v) is 6.32. The molecule has 0 atom stereocenters. The lowest BCUT2D eigenvalue weighted by Gasteiger charge is -2.19. The van der Waals surface area contributed by atoms with E-state index in [1.807, 2.05) is 0 Å². The Balaban J connectivity index is 2.59. The molecular weight excluding hydrogens is 298 g/mol. The third-order valence-electron chi connectivity index (χ3n) is 3.34. The van der Waals surface area contributed by atoms with E-state index < -0.39 is 17.8 Å². The molecule has 0 aliphatic carbocycles. The number of benzene rings is 1. The molecule has 110 valence electrons. The van der Waals surface area contributed by atoms with Crippen molar-refractivity contribution in [3.8, 4) is 5.75 Å². The van der Waals surface area contributed by atoms with Crippen molar-refractivity contribution in [1.29, 1.82) is 0 Å². The number of nitrogens with zero attached hydrogens (tertiary/aromatic N) is 1. The molecule has 0 aromatic heterocycles. The smallest absolute Gasteiger partial charge is 0.261 e. The van der Waals surface area contributed by atoms with Crippen molar-refractivity contribution in [2.75, 3.05) is 12.0 Å². The number of carboxylic acids is 1. The van der Waals surface area contributed by atoms with Crippen LogP contribution < -0.4 is 14.7 Å². The van der Waals surface area contributed by atoms with Gasteiger partial charge in [0, 0.05) is 22.8 Å². The van der Waals surface area contributed by atoms with Crippen LogP contribution in [0.4, 0.5) is 5.69 Å². The van der Waals surface area contributed by atoms with E-state index in [1.165, 1.54) is 27.0 Å². The van der Waals surface area contributed by atoms with Gasteiger partial charge in [-0.1, -0.05) is 11.6 Å². The van der Waals surface area contributed by atoms with Gasteiger partial charge in [0.15, 0.2) is 0 Å². The van der Waals surface area contributed by atoms with Gasteiger partial charge in [-0.05, 0) is 19.9 Å². The molecule has 1 aromatic carbocycles. The van der Waals surface area contributed by atoms with Gasteiger partial charge in [-0.2, -0.15) is 0 Å². The first-order chi connectivity index (χ1) is 9.79. The van der Waals surface area contributed by atoms with E-state index in [1.54, 1.807) is 0 Å². The van der Waals surface area contributed by atoms with E-state index in [0.717, 1.165) is 11.0 Å². The highest BCUT2D eigenvalue weighted by atomic mass is 35.5. The van der Waals surface area contributed by atoms with Gasteiger partial charge >= 0.3 is 0 Å². The molecule has 2 amide bonds. The maximum atomic E-state index is 12.1. The van der Waals surface area contributed by atoms with E-state index in [0.29, 0.717) is 11.1 Å². The zero-order valence-electron chi connectivity index (χ0n) is 11.5. The fraction of sp³-hybridized carbons (Fsp3) is 0.214. The number of carbonyl (C=O) groups is 3. The van der Waals surface area contributed by atoms with Gasteiger partial charge < -0.3 is 14.6 Å². The van der Waals surface area contributed by atoms with Gasteiger partial charge in [0.25, 0.3) is 11.8 Å². The molecule has 0 unspecified atom stereocenters. The molecule has 1 aromatic rings. The Kier molecular flexibility index (Phi) is 3.74. The standard InChI is InChI=1S/C14H12ClNO5/c1-6-7(2)13(18)16(12(6)17)10-5-11(21-3)8(14(19)20)4-9(10)15/h4-5H,1-3H3,(H,19,20)/p-1. The van der Waals surface area contributed by atoms with Gasteiger partial charge in [-0.25, -0.2) is 4.90 Å². The molecule has 0 saturated carbocycles. The summed E-state index contributed by atoms with van der Waals surface area (Å²) in [4.78, 5) is 36.1. The lowest BCUT2D eigenvalue weighted by atomic mass is 10.1. The number of hydrogen-bond donors (Lipinski definition) is 0. The molecule has 0 saturated heterocycles. The largest absolute Gasteiger partial charge is 0.545 e. The van der Waals surface area contributed by atoms with Crippen LogP contribution in [0.3, 0.4) is 0 Å². The number of imide groups is 1. The van der Waals surface area contributed by atoms with Gasteiger partial charge in [-0.3, -0.25) is 9.59 Å². The summed E-state index contributed by atoms with van der Waals surface area (Å²) in [5.41, 5.74) is 0.453. The third-order valence-corrected chi connectivity index (χ3v) is 3.64. The molecule has 0 fully saturated rings. The number of aromatic carboxylic acids is 1. The highest BCUT2D eigenvalue weighted by Crippen LogP contribution is 2.36. The maximum absolute atomic E-state index is 12.1. The van der Waals surface area contributed by atoms with Crippen LogP contribution in [-0.4, -0.2) is 24.9 Å². The normalized spacial score (nSPS) is 15.0. The molecule has 0 N–H and O–H groups in total. The SMILES string of the molecule is COc1cc(N2C(=O)C(C)=C(C)C2=O)c(Cl)cc1C(=O)[O-]. The third kappa shape index (κ3) is 2.27. The Morgan fingerprint density at radius 2 is 1.71 bits per heavy atom. The summed E-state index contributed by atoms with van der Waals surface area (Å²) in [7, 11) is 1.27. The second-order valence-corrected chi connectivity index (χ2v) is 4.89. The van der Waals surface area contributed by atoms with Crippen LogP contribution in [0.5, 0.6) is 5.75 Å². The van der Waals surface area contributed by atoms with Gasteiger partial charge in [-0.15, -0.1) is 0 Å². The van der Waals surface area contributed by atoms with Crippen molar-refractivity contribution < 1.29 is 24.2 Å². The fourth-order valence-electron chi connectivity index (χ4n) is 2.01. The number of hydrogen-bond acceptors (Lipinski definition) is 5. The molecule has 7 heteroatoms. The number of halogens is 1. The van der Waals surface area contributed by atoms with Crippen molar-refractivity contribution in [3.05, 3.63) is 33.9 Å². The maximum Gasteiger partial charge on any atom is 0.261 e. The predicted octanol–water partition coefficient (Wildman–Crippen LogP) is 0.922. The van der Waals surface area contributed by atoms with Crippen LogP contribution in [0.25, 0.3) is 0 Å². The van der Waals surface area contributed by atoms with Gasteiger partial charge in [0.2, 0.25) is 0 Å². The van der Waals surface area contributed by atoms with Gasteiger partial charge in [0.1, 0.15) is 5.75 Å². The Hall–Kier alpha value is -2.34. The minimum absolute atomic E-state index is 0.0443. The number of methoxy groups -OCH3 is 1. The molecular formula is C14H11ClNO5-. The van der Waals surface area contributed by atoms with Crippen molar-refractivity contribution in [2.45, 2.75) is 13.8 Å². The predicted molar refractivity (Wildman–Crippen MR) is 73.2 cm³/mol. The monoisotopic (exact) mass is 308 g/mol. The van der Waals surface area contributed by atoms with Crippen LogP contribution >= 0.6 is 11.6 Å². The van der Waals surface area contributed by atoms with E-state index in [2.05, 4.69) is 0 Å². The minimum Gasteiger partial charge on any atom is -0.545 e. The summed E-state index contributed by atoms with van der Waals surface area (Å²) < 4.78 is 4.94. The molecule has 0 radical (unpaired) electrons. The average molecular weight is 309 g/mol. The molecule has 1 aliphatic rings. The average Bonchev–Trinajstić information content (AvgIpc) is 2.63. The van der Waals surface area contributed by atoms with E-state index in [9.17, 15) is 19.5 Å². The molecule has 6 nitrogen and oxygen atoms in total. The molecule has 2 rings (SSSR count). The molecule has 0 spiro atoms. The van der Waals surface area contributed by atoms with Gasteiger partial charge in [0.05, 0.1) is 23.8 Å². The van der Waals surface area contributed by atoms with Crippen molar-refractivity contribution in [1.82, 2.24) is 0 Å². The summed E-state index contributed by atoms with van der Waals surface area (Å²) in [6.07, 6.45) is 0. The van der Waals surface area contributed by atoms with Crippen LogP contribution in [-0.2, 0) is 9.59 Å². The van der Waals surface area contributed by atoms with Crippen LogP contribution in [0.15, 0.2) is 23.3 Å². The number of ether oxygens (including phenoxy) is 1. The highest BCUT2D eigenvalue weighted by Gasteiger charge is 2.36. The number of amides is 2. The summed E-state index contributed by atoms with van der Waals surface area (Å²) in [5, 5.41) is 10.9. The Bertz CT molecular complexity index is 684. The van der Waals surface area contributed by atoms with Crippen molar-refractivity contribution >= 4 is 35.1 Å². The molecule has 1 aliphatic heterocycles. The first kappa shape index (κ1) is 15.1. The Morgan fingerprint density at radius 3 is 2.14 bits per heavy atom. The van der Waals surface area contributed by atoms with Crippen LogP contribution in [0.2, 0.25) is 5.02 Å². The summed E-state index contributed by atoms with van der Waals surface area (Å²) in [6, 6.07) is 2.32. The number of rotatable bonds is 3. The van der Waals surface area contributed by atoms with E-state index >= 15 is 0 Å². The lowest BCUT2D eigenvalue weighted by molar-refractivity contribution is -0.255. The Morgan fingerprint density at radius 1 is 1.19 bits per heavy atom. The quantitative estimate of drug-likeness (QED) is 0.775. The van der Waals surface area contributed by atoms with E-state index in [4.69, 9.17) is 16.3 Å². The second kappa shape index (κ2) is 5.21. The molecule has 1 heterocycles. The fourth-order valence-corrected chi connectivity index (χ4v) is 2.26. The van der Waals surface area contributed by atoms with Crippen LogP contribution in [0, 0.1) is 0 Å². The summed E-state index contributed by atoms with van der Waals surface area (Å²) in [5.74, 6) is -2.51. The lowest BCUT2D eigenvalue weighted by Crippen LogP contribution is -2.32. The number of carboxylic acid groups (broad SMARTS) is 1. The zero-order valence-corrected chi connectivity index (χ0v) is 12.3. The van der Waals surface area contributed by atoms with Crippen molar-refractivity contribution in [3.63, 3.8) is 0 Å². The topological polar surface area (TPSA) is 86.7 Å². The number of carbonyl (C=O) groups excluding carboxylic acids is 3.